The maximum Gasteiger partial charge on any atom is 0.277 e. The van der Waals surface area contributed by atoms with Crippen molar-refractivity contribution in [3.63, 3.8) is 0 Å². The van der Waals surface area contributed by atoms with Crippen LogP contribution in [0.1, 0.15) is 32.4 Å². The van der Waals surface area contributed by atoms with Gasteiger partial charge in [0.05, 0.1) is 21.5 Å². The molecule has 0 saturated carbocycles. The van der Waals surface area contributed by atoms with Crippen molar-refractivity contribution in [3.05, 3.63) is 62.8 Å². The van der Waals surface area contributed by atoms with Gasteiger partial charge in [0.25, 0.3) is 11.1 Å². The molecule has 0 N–H and O–H groups in total. The van der Waals surface area contributed by atoms with Crippen LogP contribution < -0.4 is 0 Å². The first-order valence-corrected chi connectivity index (χ1v) is 11.5. The van der Waals surface area contributed by atoms with Crippen LogP contribution in [0.25, 0.3) is 16.5 Å². The molecule has 0 aliphatic heterocycles. The third-order valence-electron chi connectivity index (χ3n) is 4.72. The number of thiazole rings is 1. The van der Waals surface area contributed by atoms with E-state index in [2.05, 4.69) is 15.2 Å². The third kappa shape index (κ3) is 4.30. The van der Waals surface area contributed by atoms with Gasteiger partial charge in [-0.3, -0.25) is 4.79 Å². The molecule has 1 aromatic carbocycles. The van der Waals surface area contributed by atoms with Crippen LogP contribution in [0, 0.1) is 33.5 Å². The van der Waals surface area contributed by atoms with Crippen LogP contribution in [-0.2, 0) is 0 Å². The second-order valence-corrected chi connectivity index (χ2v) is 9.49. The van der Waals surface area contributed by atoms with Crippen LogP contribution >= 0.6 is 34.7 Å². The number of nitrogens with zero attached hydrogens (tertiary/aromatic N) is 4. The van der Waals surface area contributed by atoms with E-state index in [9.17, 15) is 9.18 Å². The third-order valence-corrected chi connectivity index (χ3v) is 6.89. The lowest BCUT2D eigenvalue weighted by Gasteiger charge is -2.10. The van der Waals surface area contributed by atoms with E-state index in [0.29, 0.717) is 22.4 Å². The van der Waals surface area contributed by atoms with Crippen molar-refractivity contribution >= 4 is 40.5 Å². The van der Waals surface area contributed by atoms with Crippen LogP contribution in [0.15, 0.2) is 33.9 Å². The summed E-state index contributed by atoms with van der Waals surface area (Å²) >= 11 is 8.61. The topological polar surface area (TPSA) is 73.8 Å². The molecular weight excluding hydrogens is 459 g/mol. The molecule has 4 rings (SSSR count). The molecule has 0 spiro atoms. The van der Waals surface area contributed by atoms with Gasteiger partial charge >= 0.3 is 0 Å². The SMILES string of the molecule is Cc1nc(C)c(-c2nnc(SCC(=O)c3cc(C)n(-c4ccc(F)c(Cl)c4)c3C)o2)s1. The minimum absolute atomic E-state index is 0.0343. The maximum absolute atomic E-state index is 13.5. The average molecular weight is 477 g/mol. The van der Waals surface area contributed by atoms with Crippen LogP contribution in [0.5, 0.6) is 0 Å². The molecule has 0 bridgehead atoms. The molecule has 4 aromatic rings. The number of carbonyl (C=O) groups is 1. The van der Waals surface area contributed by atoms with Crippen LogP contribution in [0.3, 0.4) is 0 Å². The van der Waals surface area contributed by atoms with Gasteiger partial charge in [0.1, 0.15) is 10.7 Å². The van der Waals surface area contributed by atoms with E-state index < -0.39 is 5.82 Å². The van der Waals surface area contributed by atoms with Gasteiger partial charge in [0.2, 0.25) is 0 Å². The summed E-state index contributed by atoms with van der Waals surface area (Å²) in [6.45, 7) is 7.55. The Morgan fingerprint density at radius 3 is 2.68 bits per heavy atom. The normalized spacial score (nSPS) is 11.3. The van der Waals surface area contributed by atoms with E-state index in [1.54, 1.807) is 12.1 Å². The highest BCUT2D eigenvalue weighted by atomic mass is 35.5. The summed E-state index contributed by atoms with van der Waals surface area (Å²) in [4.78, 5) is 18.1. The number of Topliss-reactive ketones (excluding diaryl/α,β-unsaturated/α-hetero) is 1. The number of halogens is 2. The largest absolute Gasteiger partial charge is 0.410 e. The fourth-order valence-corrected chi connectivity index (χ4v) is 5.02. The molecule has 0 unspecified atom stereocenters. The fraction of sp³-hybridized carbons (Fsp3) is 0.238. The predicted octanol–water partition coefficient (Wildman–Crippen LogP) is 5.98. The molecule has 160 valence electrons. The lowest BCUT2D eigenvalue weighted by atomic mass is 10.2. The van der Waals surface area contributed by atoms with Gasteiger partial charge in [0.15, 0.2) is 5.78 Å². The Bertz CT molecular complexity index is 1290. The van der Waals surface area contributed by atoms with Gasteiger partial charge in [-0.25, -0.2) is 9.37 Å². The molecule has 31 heavy (non-hydrogen) atoms. The number of aryl methyl sites for hydroxylation is 3. The Hall–Kier alpha value is -2.49. The smallest absolute Gasteiger partial charge is 0.277 e. The number of ketones is 1. The molecule has 0 aliphatic carbocycles. The van der Waals surface area contributed by atoms with Crippen molar-refractivity contribution in [2.24, 2.45) is 0 Å². The summed E-state index contributed by atoms with van der Waals surface area (Å²) in [5.74, 6) is 0.00583. The van der Waals surface area contributed by atoms with Gasteiger partial charge in [-0.05, 0) is 52.0 Å². The summed E-state index contributed by atoms with van der Waals surface area (Å²) < 4.78 is 21.1. The first-order chi connectivity index (χ1) is 14.7. The average Bonchev–Trinajstić information content (AvgIpc) is 3.39. The van der Waals surface area contributed by atoms with Gasteiger partial charge < -0.3 is 8.98 Å². The number of aromatic nitrogens is 4. The maximum atomic E-state index is 13.5. The highest BCUT2D eigenvalue weighted by molar-refractivity contribution is 7.99. The van der Waals surface area contributed by atoms with Crippen molar-refractivity contribution in [2.45, 2.75) is 32.9 Å². The van der Waals surface area contributed by atoms with Crippen LogP contribution in [-0.4, -0.2) is 31.3 Å². The predicted molar refractivity (Wildman–Crippen MR) is 120 cm³/mol. The summed E-state index contributed by atoms with van der Waals surface area (Å²) in [6, 6.07) is 6.31. The Kier molecular flexibility index (Phi) is 6.00. The molecule has 10 heteroatoms. The van der Waals surface area contributed by atoms with Crippen molar-refractivity contribution in [3.8, 4) is 16.5 Å². The van der Waals surface area contributed by atoms with Crippen molar-refractivity contribution in [1.29, 1.82) is 0 Å². The Morgan fingerprint density at radius 1 is 1.23 bits per heavy atom. The summed E-state index contributed by atoms with van der Waals surface area (Å²) in [6.07, 6.45) is 0. The Morgan fingerprint density at radius 2 is 2.00 bits per heavy atom. The van der Waals surface area contributed by atoms with E-state index in [4.69, 9.17) is 16.0 Å². The summed E-state index contributed by atoms with van der Waals surface area (Å²) in [5.41, 5.74) is 3.73. The van der Waals surface area contributed by atoms with Crippen molar-refractivity contribution in [2.75, 3.05) is 5.75 Å². The number of carbonyl (C=O) groups excluding carboxylic acids is 1. The number of rotatable bonds is 6. The van der Waals surface area contributed by atoms with E-state index in [1.807, 2.05) is 38.3 Å². The lowest BCUT2D eigenvalue weighted by Crippen LogP contribution is -2.05. The second kappa shape index (κ2) is 8.57. The molecule has 6 nitrogen and oxygen atoms in total. The van der Waals surface area contributed by atoms with E-state index >= 15 is 0 Å². The Balaban J connectivity index is 1.51. The highest BCUT2D eigenvalue weighted by Crippen LogP contribution is 2.31. The van der Waals surface area contributed by atoms with E-state index in [1.165, 1.54) is 29.2 Å². The van der Waals surface area contributed by atoms with Gasteiger partial charge in [0, 0.05) is 22.6 Å². The quantitative estimate of drug-likeness (QED) is 0.251. The number of hydrogen-bond acceptors (Lipinski definition) is 7. The van der Waals surface area contributed by atoms with Gasteiger partial charge in [-0.1, -0.05) is 23.4 Å². The molecule has 0 radical (unpaired) electrons. The minimum Gasteiger partial charge on any atom is -0.410 e. The molecule has 3 heterocycles. The molecule has 0 saturated heterocycles. The lowest BCUT2D eigenvalue weighted by molar-refractivity contribution is 0.102. The standard InChI is InChI=1S/C21H18ClFN4O2S2/c1-10-7-15(12(3)27(10)14-5-6-17(23)16(22)8-14)18(28)9-30-21-26-25-20(29-21)19-11(2)24-13(4)31-19/h5-8H,9H2,1-4H3. The number of hydrogen-bond donors (Lipinski definition) is 0. The molecule has 0 atom stereocenters. The minimum atomic E-state index is -0.483. The zero-order valence-corrected chi connectivity index (χ0v) is 19.6. The molecular formula is C21H18ClFN4O2S2. The molecule has 0 aliphatic rings. The van der Waals surface area contributed by atoms with Crippen LogP contribution in [0.4, 0.5) is 4.39 Å². The zero-order valence-electron chi connectivity index (χ0n) is 17.2. The van der Waals surface area contributed by atoms with Gasteiger partial charge in [-0.15, -0.1) is 21.5 Å². The summed E-state index contributed by atoms with van der Waals surface area (Å²) in [7, 11) is 0. The molecule has 0 amide bonds. The fourth-order valence-electron chi connectivity index (χ4n) is 3.36. The highest BCUT2D eigenvalue weighted by Gasteiger charge is 2.20. The second-order valence-electron chi connectivity index (χ2n) is 6.95. The van der Waals surface area contributed by atoms with E-state index in [0.717, 1.165) is 27.0 Å². The first kappa shape index (κ1) is 21.7. The molecule has 0 fully saturated rings. The van der Waals surface area contributed by atoms with E-state index in [-0.39, 0.29) is 16.6 Å². The monoisotopic (exact) mass is 476 g/mol. The molecule has 3 aromatic heterocycles. The van der Waals surface area contributed by atoms with Crippen LogP contribution in [0.2, 0.25) is 5.02 Å². The first-order valence-electron chi connectivity index (χ1n) is 9.33. The van der Waals surface area contributed by atoms with Gasteiger partial charge in [-0.2, -0.15) is 0 Å². The zero-order chi connectivity index (χ0) is 22.3. The summed E-state index contributed by atoms with van der Waals surface area (Å²) in [5, 5.41) is 9.40. The van der Waals surface area contributed by atoms with Crippen molar-refractivity contribution < 1.29 is 13.6 Å². The number of benzene rings is 1. The van der Waals surface area contributed by atoms with Crippen molar-refractivity contribution in [1.82, 2.24) is 19.7 Å². The Labute approximate surface area is 191 Å². The number of thioether (sulfide) groups is 1.